The van der Waals surface area contributed by atoms with Crippen LogP contribution in [0.5, 0.6) is 5.75 Å². The van der Waals surface area contributed by atoms with Crippen molar-refractivity contribution in [1.29, 1.82) is 0 Å². The standard InChI is InChI=1S/C17H15FN4O2/c1-24-14-8-7-11(9-12(14)18)13-3-2-4-15-19-17(21-22(13)15)20-16(23)10-5-6-10/h2-4,7-10H,5-6H2,1H3,(H,20,21,23). The van der Waals surface area contributed by atoms with Gasteiger partial charge in [0.05, 0.1) is 12.8 Å². The molecule has 0 bridgehead atoms. The fraction of sp³-hybridized carbons (Fsp3) is 0.235. The van der Waals surface area contributed by atoms with Crippen LogP contribution in [0.4, 0.5) is 10.3 Å². The summed E-state index contributed by atoms with van der Waals surface area (Å²) in [7, 11) is 1.42. The number of benzene rings is 1. The molecule has 0 atom stereocenters. The minimum absolute atomic E-state index is 0.0528. The van der Waals surface area contributed by atoms with Gasteiger partial charge in [-0.3, -0.25) is 10.1 Å². The van der Waals surface area contributed by atoms with Crippen LogP contribution in [0.25, 0.3) is 16.9 Å². The quantitative estimate of drug-likeness (QED) is 0.800. The number of fused-ring (bicyclic) bond motifs is 1. The molecule has 1 N–H and O–H groups in total. The molecule has 1 fully saturated rings. The topological polar surface area (TPSA) is 68.5 Å². The molecule has 1 saturated carbocycles. The van der Waals surface area contributed by atoms with E-state index in [1.54, 1.807) is 22.7 Å². The van der Waals surface area contributed by atoms with Crippen LogP contribution >= 0.6 is 0 Å². The molecule has 0 spiro atoms. The van der Waals surface area contributed by atoms with Crippen molar-refractivity contribution < 1.29 is 13.9 Å². The summed E-state index contributed by atoms with van der Waals surface area (Å²) in [5.74, 6) is 0.0133. The average Bonchev–Trinajstić information content (AvgIpc) is 3.35. The van der Waals surface area contributed by atoms with Crippen molar-refractivity contribution in [2.24, 2.45) is 5.92 Å². The second-order valence-corrected chi connectivity index (χ2v) is 5.73. The smallest absolute Gasteiger partial charge is 0.249 e. The van der Waals surface area contributed by atoms with Crippen molar-refractivity contribution in [3.05, 3.63) is 42.2 Å². The molecule has 1 aromatic carbocycles. The molecule has 4 rings (SSSR count). The highest BCUT2D eigenvalue weighted by Gasteiger charge is 2.30. The van der Waals surface area contributed by atoms with Crippen LogP contribution in [0.1, 0.15) is 12.8 Å². The van der Waals surface area contributed by atoms with E-state index in [0.29, 0.717) is 16.9 Å². The normalized spacial score (nSPS) is 13.9. The van der Waals surface area contributed by atoms with Crippen molar-refractivity contribution in [3.63, 3.8) is 0 Å². The first-order chi connectivity index (χ1) is 11.7. The van der Waals surface area contributed by atoms with E-state index in [-0.39, 0.29) is 23.5 Å². The van der Waals surface area contributed by atoms with Gasteiger partial charge in [-0.05, 0) is 43.2 Å². The summed E-state index contributed by atoms with van der Waals surface area (Å²) in [5, 5.41) is 7.06. The lowest BCUT2D eigenvalue weighted by atomic mass is 10.1. The molecular weight excluding hydrogens is 311 g/mol. The van der Waals surface area contributed by atoms with Crippen LogP contribution < -0.4 is 10.1 Å². The van der Waals surface area contributed by atoms with E-state index >= 15 is 0 Å². The highest BCUT2D eigenvalue weighted by Crippen LogP contribution is 2.30. The number of pyridine rings is 1. The molecule has 1 aliphatic rings. The third-order valence-electron chi connectivity index (χ3n) is 3.99. The zero-order chi connectivity index (χ0) is 16.7. The molecule has 2 aromatic heterocycles. The van der Waals surface area contributed by atoms with E-state index in [2.05, 4.69) is 15.4 Å². The number of ether oxygens (including phenoxy) is 1. The van der Waals surface area contributed by atoms with Crippen LogP contribution in [0.2, 0.25) is 0 Å². The van der Waals surface area contributed by atoms with E-state index in [1.165, 1.54) is 13.2 Å². The number of halogens is 1. The molecule has 3 aromatic rings. The summed E-state index contributed by atoms with van der Waals surface area (Å²) >= 11 is 0. The van der Waals surface area contributed by atoms with Crippen LogP contribution in [0.15, 0.2) is 36.4 Å². The number of nitrogens with zero attached hydrogens (tertiary/aromatic N) is 3. The number of methoxy groups -OCH3 is 1. The molecule has 122 valence electrons. The molecule has 0 unspecified atom stereocenters. The van der Waals surface area contributed by atoms with Gasteiger partial charge in [-0.25, -0.2) is 8.91 Å². The molecule has 7 heteroatoms. The zero-order valence-electron chi connectivity index (χ0n) is 13.0. The largest absolute Gasteiger partial charge is 0.494 e. The Bertz CT molecular complexity index is 933. The number of nitrogens with one attached hydrogen (secondary N) is 1. The SMILES string of the molecule is COc1ccc(-c2cccc3nc(NC(=O)C4CC4)nn23)cc1F. The minimum atomic E-state index is -0.450. The monoisotopic (exact) mass is 326 g/mol. The first-order valence-corrected chi connectivity index (χ1v) is 7.66. The predicted octanol–water partition coefficient (Wildman–Crippen LogP) is 2.89. The highest BCUT2D eigenvalue weighted by atomic mass is 19.1. The molecule has 24 heavy (non-hydrogen) atoms. The van der Waals surface area contributed by atoms with Crippen molar-refractivity contribution in [2.45, 2.75) is 12.8 Å². The lowest BCUT2D eigenvalue weighted by molar-refractivity contribution is -0.117. The average molecular weight is 326 g/mol. The van der Waals surface area contributed by atoms with Crippen molar-refractivity contribution >= 4 is 17.5 Å². The van der Waals surface area contributed by atoms with Gasteiger partial charge in [0.25, 0.3) is 0 Å². The Morgan fingerprint density at radius 2 is 2.17 bits per heavy atom. The van der Waals surface area contributed by atoms with E-state index in [9.17, 15) is 9.18 Å². The van der Waals surface area contributed by atoms with Gasteiger partial charge in [0.1, 0.15) is 0 Å². The van der Waals surface area contributed by atoms with Gasteiger partial charge in [0, 0.05) is 11.5 Å². The molecule has 0 saturated heterocycles. The van der Waals surface area contributed by atoms with E-state index < -0.39 is 5.82 Å². The number of carbonyl (C=O) groups excluding carboxylic acids is 1. The van der Waals surface area contributed by atoms with Crippen molar-refractivity contribution in [3.8, 4) is 17.0 Å². The summed E-state index contributed by atoms with van der Waals surface area (Å²) in [5.41, 5.74) is 1.90. The summed E-state index contributed by atoms with van der Waals surface area (Å²) in [6, 6.07) is 10.1. The fourth-order valence-corrected chi connectivity index (χ4v) is 2.56. The Labute approximate surface area is 137 Å². The van der Waals surface area contributed by atoms with E-state index in [0.717, 1.165) is 12.8 Å². The van der Waals surface area contributed by atoms with Gasteiger partial charge in [0.2, 0.25) is 11.9 Å². The van der Waals surface area contributed by atoms with Gasteiger partial charge in [0.15, 0.2) is 17.2 Å². The third-order valence-corrected chi connectivity index (χ3v) is 3.99. The summed E-state index contributed by atoms with van der Waals surface area (Å²) in [6.45, 7) is 0. The first-order valence-electron chi connectivity index (χ1n) is 7.66. The molecule has 6 nitrogen and oxygen atoms in total. The van der Waals surface area contributed by atoms with E-state index in [4.69, 9.17) is 4.74 Å². The second kappa shape index (κ2) is 5.59. The minimum Gasteiger partial charge on any atom is -0.494 e. The predicted molar refractivity (Wildman–Crippen MR) is 86.3 cm³/mol. The van der Waals surface area contributed by atoms with Crippen LogP contribution in [-0.2, 0) is 4.79 Å². The fourth-order valence-electron chi connectivity index (χ4n) is 2.56. The van der Waals surface area contributed by atoms with Gasteiger partial charge >= 0.3 is 0 Å². The summed E-state index contributed by atoms with van der Waals surface area (Å²) in [6.07, 6.45) is 1.82. The lowest BCUT2D eigenvalue weighted by Crippen LogP contribution is -2.14. The first kappa shape index (κ1) is 14.6. The number of aromatic nitrogens is 3. The number of hydrogen-bond acceptors (Lipinski definition) is 4. The van der Waals surface area contributed by atoms with Crippen LogP contribution in [0.3, 0.4) is 0 Å². The number of carbonyl (C=O) groups is 1. The van der Waals surface area contributed by atoms with Crippen molar-refractivity contribution in [1.82, 2.24) is 14.6 Å². The van der Waals surface area contributed by atoms with Gasteiger partial charge < -0.3 is 4.74 Å². The third kappa shape index (κ3) is 2.58. The summed E-state index contributed by atoms with van der Waals surface area (Å²) in [4.78, 5) is 16.2. The zero-order valence-corrected chi connectivity index (χ0v) is 13.0. The Hall–Kier alpha value is -2.96. The van der Waals surface area contributed by atoms with Gasteiger partial charge in [-0.15, -0.1) is 5.10 Å². The lowest BCUT2D eigenvalue weighted by Gasteiger charge is -2.06. The number of anilines is 1. The van der Waals surface area contributed by atoms with Crippen LogP contribution in [0, 0.1) is 11.7 Å². The Morgan fingerprint density at radius 1 is 1.33 bits per heavy atom. The summed E-state index contributed by atoms with van der Waals surface area (Å²) < 4.78 is 20.5. The highest BCUT2D eigenvalue weighted by molar-refractivity contribution is 5.92. The molecule has 1 aliphatic carbocycles. The Kier molecular flexibility index (Phi) is 3.41. The van der Waals surface area contributed by atoms with E-state index in [1.807, 2.05) is 12.1 Å². The maximum atomic E-state index is 14.0. The second-order valence-electron chi connectivity index (χ2n) is 5.73. The number of amides is 1. The Morgan fingerprint density at radius 3 is 2.88 bits per heavy atom. The number of rotatable bonds is 4. The molecular formula is C17H15FN4O2. The Balaban J connectivity index is 1.73. The number of hydrogen-bond donors (Lipinski definition) is 1. The van der Waals surface area contributed by atoms with Crippen LogP contribution in [-0.4, -0.2) is 27.6 Å². The maximum Gasteiger partial charge on any atom is 0.249 e. The molecule has 1 amide bonds. The van der Waals surface area contributed by atoms with Gasteiger partial charge in [-0.1, -0.05) is 6.07 Å². The maximum absolute atomic E-state index is 14.0. The molecule has 0 radical (unpaired) electrons. The van der Waals surface area contributed by atoms with Crippen molar-refractivity contribution in [2.75, 3.05) is 12.4 Å². The molecule has 2 heterocycles. The van der Waals surface area contributed by atoms with Gasteiger partial charge in [-0.2, -0.15) is 4.98 Å². The molecule has 0 aliphatic heterocycles.